The highest BCUT2D eigenvalue weighted by Gasteiger charge is 2.05. The average molecular weight is 268 g/mol. The van der Waals surface area contributed by atoms with Crippen molar-refractivity contribution in [2.45, 2.75) is 13.5 Å². The smallest absolute Gasteiger partial charge is 0.150 e. The van der Waals surface area contributed by atoms with Gasteiger partial charge in [0.1, 0.15) is 23.7 Å². The third kappa shape index (κ3) is 3.05. The van der Waals surface area contributed by atoms with Crippen LogP contribution in [0.15, 0.2) is 23.6 Å². The maximum atomic E-state index is 10.5. The van der Waals surface area contributed by atoms with E-state index in [1.165, 1.54) is 0 Å². The first kappa shape index (κ1) is 12.1. The monoisotopic (exact) mass is 267 g/mol. The van der Waals surface area contributed by atoms with Crippen LogP contribution >= 0.6 is 22.9 Å². The molecule has 5 heteroatoms. The zero-order chi connectivity index (χ0) is 12.3. The van der Waals surface area contributed by atoms with Crippen LogP contribution in [-0.4, -0.2) is 11.3 Å². The van der Waals surface area contributed by atoms with Gasteiger partial charge in [0.05, 0.1) is 5.02 Å². The third-order valence-electron chi connectivity index (χ3n) is 2.11. The molecule has 2 rings (SSSR count). The summed E-state index contributed by atoms with van der Waals surface area (Å²) in [7, 11) is 0. The Kier molecular flexibility index (Phi) is 3.76. The van der Waals surface area contributed by atoms with Crippen molar-refractivity contribution >= 4 is 29.2 Å². The summed E-state index contributed by atoms with van der Waals surface area (Å²) in [5, 5.41) is 3.30. The molecule has 0 bridgehead atoms. The number of hydrogen-bond donors (Lipinski definition) is 0. The van der Waals surface area contributed by atoms with Crippen LogP contribution in [0.4, 0.5) is 0 Å². The second-order valence-corrected chi connectivity index (χ2v) is 4.83. The Morgan fingerprint density at radius 3 is 2.94 bits per heavy atom. The van der Waals surface area contributed by atoms with Gasteiger partial charge in [-0.1, -0.05) is 11.6 Å². The maximum absolute atomic E-state index is 10.5. The lowest BCUT2D eigenvalue weighted by Gasteiger charge is -2.06. The van der Waals surface area contributed by atoms with E-state index in [0.717, 1.165) is 17.0 Å². The molecule has 0 atom stereocenters. The minimum Gasteiger partial charge on any atom is -0.485 e. The van der Waals surface area contributed by atoms with Crippen molar-refractivity contribution in [1.82, 2.24) is 4.98 Å². The van der Waals surface area contributed by atoms with E-state index in [4.69, 9.17) is 16.3 Å². The summed E-state index contributed by atoms with van der Waals surface area (Å²) in [5.41, 5.74) is 1.52. The van der Waals surface area contributed by atoms with Crippen LogP contribution < -0.4 is 4.74 Å². The molecule has 0 unspecified atom stereocenters. The largest absolute Gasteiger partial charge is 0.485 e. The SMILES string of the molecule is Cc1csc(COc2ccc(C=O)cc2Cl)n1. The van der Waals surface area contributed by atoms with Gasteiger partial charge >= 0.3 is 0 Å². The molecular weight excluding hydrogens is 258 g/mol. The molecule has 0 aliphatic rings. The Bertz CT molecular complexity index is 539. The summed E-state index contributed by atoms with van der Waals surface area (Å²) < 4.78 is 5.54. The number of aryl methyl sites for hydroxylation is 1. The normalized spacial score (nSPS) is 10.2. The number of carbonyl (C=O) groups is 1. The van der Waals surface area contributed by atoms with E-state index in [2.05, 4.69) is 4.98 Å². The number of hydrogen-bond acceptors (Lipinski definition) is 4. The maximum Gasteiger partial charge on any atom is 0.150 e. The van der Waals surface area contributed by atoms with E-state index in [-0.39, 0.29) is 0 Å². The molecule has 0 aliphatic carbocycles. The number of halogens is 1. The molecule has 1 aromatic carbocycles. The fourth-order valence-electron chi connectivity index (χ4n) is 1.32. The van der Waals surface area contributed by atoms with Crippen molar-refractivity contribution in [1.29, 1.82) is 0 Å². The molecule has 3 nitrogen and oxygen atoms in total. The van der Waals surface area contributed by atoms with Crippen molar-refractivity contribution in [3.63, 3.8) is 0 Å². The van der Waals surface area contributed by atoms with Gasteiger partial charge in [-0.15, -0.1) is 11.3 Å². The van der Waals surface area contributed by atoms with E-state index in [0.29, 0.717) is 22.9 Å². The molecule has 0 spiro atoms. The van der Waals surface area contributed by atoms with Gasteiger partial charge < -0.3 is 4.74 Å². The minimum absolute atomic E-state index is 0.388. The second kappa shape index (κ2) is 5.29. The zero-order valence-corrected chi connectivity index (χ0v) is 10.7. The van der Waals surface area contributed by atoms with Crippen LogP contribution in [0.2, 0.25) is 5.02 Å². The van der Waals surface area contributed by atoms with Crippen molar-refractivity contribution in [2.75, 3.05) is 0 Å². The molecule has 0 saturated heterocycles. The van der Waals surface area contributed by atoms with E-state index in [1.54, 1.807) is 29.5 Å². The van der Waals surface area contributed by atoms with E-state index in [1.807, 2.05) is 12.3 Å². The van der Waals surface area contributed by atoms with E-state index >= 15 is 0 Å². The number of carbonyl (C=O) groups excluding carboxylic acids is 1. The molecule has 0 radical (unpaired) electrons. The Labute approximate surface area is 108 Å². The molecule has 88 valence electrons. The van der Waals surface area contributed by atoms with Gasteiger partial charge in [-0.3, -0.25) is 4.79 Å². The Balaban J connectivity index is 2.06. The van der Waals surface area contributed by atoms with Gasteiger partial charge in [0, 0.05) is 16.6 Å². The first-order valence-corrected chi connectivity index (χ1v) is 6.23. The van der Waals surface area contributed by atoms with Gasteiger partial charge in [0.25, 0.3) is 0 Å². The molecule has 0 fully saturated rings. The van der Waals surface area contributed by atoms with Gasteiger partial charge in [0.15, 0.2) is 0 Å². The summed E-state index contributed by atoms with van der Waals surface area (Å²) in [6.45, 7) is 2.32. The molecule has 0 N–H and O–H groups in total. The van der Waals surface area contributed by atoms with Crippen LogP contribution in [-0.2, 0) is 6.61 Å². The Morgan fingerprint density at radius 2 is 2.35 bits per heavy atom. The van der Waals surface area contributed by atoms with E-state index < -0.39 is 0 Å². The Hall–Kier alpha value is -1.39. The van der Waals surface area contributed by atoms with Crippen molar-refractivity contribution < 1.29 is 9.53 Å². The molecule has 17 heavy (non-hydrogen) atoms. The number of aromatic nitrogens is 1. The predicted octanol–water partition coefficient (Wildman–Crippen LogP) is 3.50. The van der Waals surface area contributed by atoms with Crippen molar-refractivity contribution in [3.05, 3.63) is 44.9 Å². The number of rotatable bonds is 4. The summed E-state index contributed by atoms with van der Waals surface area (Å²) >= 11 is 7.53. The predicted molar refractivity (Wildman–Crippen MR) is 68.0 cm³/mol. The zero-order valence-electron chi connectivity index (χ0n) is 9.14. The molecule has 0 aliphatic heterocycles. The molecule has 2 aromatic rings. The summed E-state index contributed by atoms with van der Waals surface area (Å²) in [4.78, 5) is 14.8. The standard InChI is InChI=1S/C12H10ClNO2S/c1-8-7-17-12(14-8)6-16-11-3-2-9(5-15)4-10(11)13/h2-5,7H,6H2,1H3. The summed E-state index contributed by atoms with van der Waals surface area (Å²) in [6, 6.07) is 4.94. The first-order valence-electron chi connectivity index (χ1n) is 4.97. The fraction of sp³-hybridized carbons (Fsp3) is 0.167. The topological polar surface area (TPSA) is 39.2 Å². The van der Waals surface area contributed by atoms with E-state index in [9.17, 15) is 4.79 Å². The second-order valence-electron chi connectivity index (χ2n) is 3.48. The van der Waals surface area contributed by atoms with Crippen LogP contribution in [0.3, 0.4) is 0 Å². The number of ether oxygens (including phenoxy) is 1. The van der Waals surface area contributed by atoms with Gasteiger partial charge in [-0.2, -0.15) is 0 Å². The highest BCUT2D eigenvalue weighted by Crippen LogP contribution is 2.26. The van der Waals surface area contributed by atoms with Crippen LogP contribution in [0.25, 0.3) is 0 Å². The molecular formula is C12H10ClNO2S. The highest BCUT2D eigenvalue weighted by molar-refractivity contribution is 7.09. The summed E-state index contributed by atoms with van der Waals surface area (Å²) in [6.07, 6.45) is 0.750. The lowest BCUT2D eigenvalue weighted by molar-refractivity contribution is 0.112. The number of nitrogens with zero attached hydrogens (tertiary/aromatic N) is 1. The van der Waals surface area contributed by atoms with Crippen molar-refractivity contribution in [2.24, 2.45) is 0 Å². The van der Waals surface area contributed by atoms with Crippen LogP contribution in [0.5, 0.6) is 5.75 Å². The molecule has 1 aromatic heterocycles. The van der Waals surface area contributed by atoms with Crippen molar-refractivity contribution in [3.8, 4) is 5.75 Å². The van der Waals surface area contributed by atoms with Crippen LogP contribution in [0.1, 0.15) is 21.1 Å². The van der Waals surface area contributed by atoms with Gasteiger partial charge in [-0.25, -0.2) is 4.98 Å². The number of aldehydes is 1. The van der Waals surface area contributed by atoms with Crippen LogP contribution in [0, 0.1) is 6.92 Å². The number of thiazole rings is 1. The quantitative estimate of drug-likeness (QED) is 0.796. The third-order valence-corrected chi connectivity index (χ3v) is 3.35. The summed E-state index contributed by atoms with van der Waals surface area (Å²) in [5.74, 6) is 0.560. The fourth-order valence-corrected chi connectivity index (χ4v) is 2.24. The Morgan fingerprint density at radius 1 is 1.53 bits per heavy atom. The molecule has 0 saturated carbocycles. The lowest BCUT2D eigenvalue weighted by atomic mass is 10.2. The molecule has 1 heterocycles. The highest BCUT2D eigenvalue weighted by atomic mass is 35.5. The van der Waals surface area contributed by atoms with Gasteiger partial charge in [0.2, 0.25) is 0 Å². The van der Waals surface area contributed by atoms with Gasteiger partial charge in [-0.05, 0) is 25.1 Å². The molecule has 0 amide bonds. The average Bonchev–Trinajstić information content (AvgIpc) is 2.73. The number of benzene rings is 1. The first-order chi connectivity index (χ1) is 8.19. The minimum atomic E-state index is 0.388. The lowest BCUT2D eigenvalue weighted by Crippen LogP contribution is -1.96.